The average molecular weight is 343 g/mol. The van der Waals surface area contributed by atoms with Crippen molar-refractivity contribution in [1.82, 2.24) is 10.3 Å². The Labute approximate surface area is 146 Å². The molecule has 25 heavy (non-hydrogen) atoms. The number of benzene rings is 1. The third-order valence-electron chi connectivity index (χ3n) is 3.46. The van der Waals surface area contributed by atoms with Crippen molar-refractivity contribution < 1.29 is 19.1 Å². The minimum atomic E-state index is -0.741. The van der Waals surface area contributed by atoms with Crippen LogP contribution in [0.25, 0.3) is 0 Å². The third kappa shape index (κ3) is 4.94. The molecule has 0 spiro atoms. The molecule has 0 saturated heterocycles. The number of methoxy groups -OCH3 is 1. The fourth-order valence-electron chi connectivity index (χ4n) is 2.16. The quantitative estimate of drug-likeness (QED) is 0.784. The van der Waals surface area contributed by atoms with Gasteiger partial charge in [0.05, 0.1) is 13.7 Å². The Bertz CT molecular complexity index is 762. The van der Waals surface area contributed by atoms with Gasteiger partial charge in [-0.2, -0.15) is 0 Å². The van der Waals surface area contributed by atoms with Crippen molar-refractivity contribution in [3.05, 3.63) is 47.7 Å². The van der Waals surface area contributed by atoms with E-state index in [1.54, 1.807) is 43.6 Å². The van der Waals surface area contributed by atoms with Crippen LogP contribution in [-0.2, 0) is 16.1 Å². The molecule has 0 unspecified atom stereocenters. The molecule has 1 heterocycles. The number of nitrogens with one attached hydrogen (secondary N) is 2. The SMILES string of the molecule is CCOc1ncccc1CNC(=O)C(=O)Nc1ccc(OC)cc1C. The fraction of sp³-hybridized carbons (Fsp3) is 0.278. The number of pyridine rings is 1. The van der Waals surface area contributed by atoms with E-state index >= 15 is 0 Å². The maximum absolute atomic E-state index is 12.0. The molecule has 0 fully saturated rings. The summed E-state index contributed by atoms with van der Waals surface area (Å²) in [7, 11) is 1.56. The van der Waals surface area contributed by atoms with Gasteiger partial charge in [-0.25, -0.2) is 4.98 Å². The number of rotatable bonds is 6. The number of carbonyl (C=O) groups excluding carboxylic acids is 2. The number of aryl methyl sites for hydroxylation is 1. The second kappa shape index (κ2) is 8.68. The number of amides is 2. The van der Waals surface area contributed by atoms with Crippen molar-refractivity contribution in [1.29, 1.82) is 0 Å². The summed E-state index contributed by atoms with van der Waals surface area (Å²) < 4.78 is 10.5. The Kier molecular flexibility index (Phi) is 6.33. The number of carbonyl (C=O) groups is 2. The number of nitrogens with zero attached hydrogens (tertiary/aromatic N) is 1. The molecule has 0 saturated carbocycles. The van der Waals surface area contributed by atoms with E-state index in [1.165, 1.54) is 0 Å². The van der Waals surface area contributed by atoms with Crippen LogP contribution in [0.15, 0.2) is 36.5 Å². The highest BCUT2D eigenvalue weighted by Gasteiger charge is 2.15. The highest BCUT2D eigenvalue weighted by molar-refractivity contribution is 6.39. The zero-order valence-corrected chi connectivity index (χ0v) is 14.5. The average Bonchev–Trinajstić information content (AvgIpc) is 2.62. The lowest BCUT2D eigenvalue weighted by atomic mass is 10.2. The molecule has 2 amide bonds. The van der Waals surface area contributed by atoms with Gasteiger partial charge in [0.2, 0.25) is 5.88 Å². The van der Waals surface area contributed by atoms with Crippen molar-refractivity contribution in [2.24, 2.45) is 0 Å². The number of anilines is 1. The highest BCUT2D eigenvalue weighted by Crippen LogP contribution is 2.21. The molecule has 0 radical (unpaired) electrons. The Hall–Kier alpha value is -3.09. The molecule has 2 N–H and O–H groups in total. The molecule has 0 atom stereocenters. The van der Waals surface area contributed by atoms with Gasteiger partial charge in [-0.05, 0) is 43.7 Å². The van der Waals surface area contributed by atoms with Gasteiger partial charge in [-0.1, -0.05) is 6.07 Å². The molecular formula is C18H21N3O4. The zero-order valence-electron chi connectivity index (χ0n) is 14.5. The molecule has 0 aliphatic heterocycles. The van der Waals surface area contributed by atoms with E-state index in [-0.39, 0.29) is 6.54 Å². The largest absolute Gasteiger partial charge is 0.497 e. The van der Waals surface area contributed by atoms with Crippen molar-refractivity contribution in [3.63, 3.8) is 0 Å². The summed E-state index contributed by atoms with van der Waals surface area (Å²) in [5.74, 6) is -0.353. The van der Waals surface area contributed by atoms with E-state index < -0.39 is 11.8 Å². The second-order valence-electron chi connectivity index (χ2n) is 5.22. The molecule has 1 aromatic carbocycles. The molecule has 7 nitrogen and oxygen atoms in total. The highest BCUT2D eigenvalue weighted by atomic mass is 16.5. The van der Waals surface area contributed by atoms with Crippen LogP contribution in [0.1, 0.15) is 18.1 Å². The summed E-state index contributed by atoms with van der Waals surface area (Å²) in [5, 5.41) is 5.15. The first kappa shape index (κ1) is 18.3. The smallest absolute Gasteiger partial charge is 0.313 e. The van der Waals surface area contributed by atoms with E-state index in [4.69, 9.17) is 9.47 Å². The lowest BCUT2D eigenvalue weighted by molar-refractivity contribution is -0.136. The van der Waals surface area contributed by atoms with Crippen LogP contribution in [0.5, 0.6) is 11.6 Å². The maximum Gasteiger partial charge on any atom is 0.313 e. The number of aromatic nitrogens is 1. The van der Waals surface area contributed by atoms with E-state index in [2.05, 4.69) is 15.6 Å². The van der Waals surface area contributed by atoms with Gasteiger partial charge in [-0.15, -0.1) is 0 Å². The van der Waals surface area contributed by atoms with Gasteiger partial charge in [-0.3, -0.25) is 9.59 Å². The van der Waals surface area contributed by atoms with Crippen LogP contribution in [0, 0.1) is 6.92 Å². The Morgan fingerprint density at radius 2 is 2.00 bits per heavy atom. The van der Waals surface area contributed by atoms with Gasteiger partial charge in [0.25, 0.3) is 0 Å². The summed E-state index contributed by atoms with van der Waals surface area (Å²) in [6.07, 6.45) is 1.61. The third-order valence-corrected chi connectivity index (χ3v) is 3.46. The molecule has 2 aromatic rings. The number of hydrogen-bond donors (Lipinski definition) is 2. The second-order valence-corrected chi connectivity index (χ2v) is 5.22. The molecule has 2 rings (SSSR count). The van der Waals surface area contributed by atoms with Gasteiger partial charge in [0.15, 0.2) is 0 Å². The predicted octanol–water partition coefficient (Wildman–Crippen LogP) is 2.05. The first-order chi connectivity index (χ1) is 12.0. The van der Waals surface area contributed by atoms with Crippen molar-refractivity contribution in [3.8, 4) is 11.6 Å². The van der Waals surface area contributed by atoms with Crippen molar-refractivity contribution >= 4 is 17.5 Å². The summed E-state index contributed by atoms with van der Waals surface area (Å²) in [5.41, 5.74) is 2.05. The lowest BCUT2D eigenvalue weighted by Crippen LogP contribution is -2.35. The Balaban J connectivity index is 1.96. The predicted molar refractivity (Wildman–Crippen MR) is 93.6 cm³/mol. The normalized spacial score (nSPS) is 10.0. The minimum Gasteiger partial charge on any atom is -0.497 e. The van der Waals surface area contributed by atoms with Gasteiger partial charge >= 0.3 is 11.8 Å². The summed E-state index contributed by atoms with van der Waals surface area (Å²) in [4.78, 5) is 28.2. The Morgan fingerprint density at radius 3 is 2.68 bits per heavy atom. The first-order valence-corrected chi connectivity index (χ1v) is 7.85. The van der Waals surface area contributed by atoms with Crippen molar-refractivity contribution in [2.75, 3.05) is 19.0 Å². The molecule has 132 valence electrons. The number of hydrogen-bond acceptors (Lipinski definition) is 5. The van der Waals surface area contributed by atoms with E-state index in [0.29, 0.717) is 29.5 Å². The van der Waals surface area contributed by atoms with Crippen LogP contribution in [-0.4, -0.2) is 30.5 Å². The van der Waals surface area contributed by atoms with Crippen LogP contribution < -0.4 is 20.1 Å². The summed E-state index contributed by atoms with van der Waals surface area (Å²) in [6.45, 7) is 4.29. The standard InChI is InChI=1S/C18H21N3O4/c1-4-25-18-13(6-5-9-19-18)11-20-16(22)17(23)21-15-8-7-14(24-3)10-12(15)2/h5-10H,4,11H2,1-3H3,(H,20,22)(H,21,23). The molecular weight excluding hydrogens is 322 g/mol. The monoisotopic (exact) mass is 343 g/mol. The van der Waals surface area contributed by atoms with Gasteiger partial charge in [0.1, 0.15) is 5.75 Å². The van der Waals surface area contributed by atoms with E-state index in [0.717, 1.165) is 5.56 Å². The molecule has 0 aliphatic carbocycles. The van der Waals surface area contributed by atoms with Crippen LogP contribution in [0.2, 0.25) is 0 Å². The first-order valence-electron chi connectivity index (χ1n) is 7.85. The topological polar surface area (TPSA) is 89.5 Å². The summed E-state index contributed by atoms with van der Waals surface area (Å²) >= 11 is 0. The van der Waals surface area contributed by atoms with E-state index in [9.17, 15) is 9.59 Å². The van der Waals surface area contributed by atoms with E-state index in [1.807, 2.05) is 13.8 Å². The molecule has 0 aliphatic rings. The molecule has 1 aromatic heterocycles. The molecule has 0 bridgehead atoms. The maximum atomic E-state index is 12.0. The number of ether oxygens (including phenoxy) is 2. The summed E-state index contributed by atoms with van der Waals surface area (Å²) in [6, 6.07) is 8.70. The Morgan fingerprint density at radius 1 is 1.20 bits per heavy atom. The van der Waals surface area contributed by atoms with Crippen LogP contribution in [0.4, 0.5) is 5.69 Å². The minimum absolute atomic E-state index is 0.150. The zero-order chi connectivity index (χ0) is 18.2. The lowest BCUT2D eigenvalue weighted by Gasteiger charge is -2.11. The van der Waals surface area contributed by atoms with Gasteiger partial charge < -0.3 is 20.1 Å². The van der Waals surface area contributed by atoms with Crippen molar-refractivity contribution in [2.45, 2.75) is 20.4 Å². The molecule has 7 heteroatoms. The van der Waals surface area contributed by atoms with Gasteiger partial charge in [0, 0.05) is 24.0 Å². The fourth-order valence-corrected chi connectivity index (χ4v) is 2.16. The van der Waals surface area contributed by atoms with Crippen LogP contribution >= 0.6 is 0 Å². The van der Waals surface area contributed by atoms with Crippen LogP contribution in [0.3, 0.4) is 0 Å².